The van der Waals surface area contributed by atoms with Crippen LogP contribution in [-0.2, 0) is 4.79 Å². The van der Waals surface area contributed by atoms with Gasteiger partial charge in [-0.2, -0.15) is 0 Å². The number of halogens is 1. The molecule has 6 nitrogen and oxygen atoms in total. The zero-order valence-corrected chi connectivity index (χ0v) is 12.8. The van der Waals surface area contributed by atoms with Gasteiger partial charge < -0.3 is 19.9 Å². The highest BCUT2D eigenvalue weighted by Gasteiger charge is 2.24. The van der Waals surface area contributed by atoms with Crippen molar-refractivity contribution in [2.75, 3.05) is 20.8 Å². The predicted molar refractivity (Wildman–Crippen MR) is 77.9 cm³/mol. The van der Waals surface area contributed by atoms with Crippen molar-refractivity contribution in [2.45, 2.75) is 19.8 Å². The lowest BCUT2D eigenvalue weighted by Crippen LogP contribution is -2.33. The van der Waals surface area contributed by atoms with E-state index in [0.29, 0.717) is 12.8 Å². The van der Waals surface area contributed by atoms with Crippen LogP contribution in [0.2, 0.25) is 0 Å². The molecular weight excluding hydrogens is 293 g/mol. The number of carboxylic acids is 1. The van der Waals surface area contributed by atoms with Gasteiger partial charge in [-0.15, -0.1) is 0 Å². The van der Waals surface area contributed by atoms with E-state index in [2.05, 4.69) is 5.32 Å². The van der Waals surface area contributed by atoms with E-state index in [9.17, 15) is 14.0 Å². The third-order valence-corrected chi connectivity index (χ3v) is 3.22. The first kappa shape index (κ1) is 17.7. The van der Waals surface area contributed by atoms with Crippen LogP contribution in [0.4, 0.5) is 4.39 Å². The Balaban J connectivity index is 2.96. The highest BCUT2D eigenvalue weighted by Crippen LogP contribution is 2.32. The van der Waals surface area contributed by atoms with Gasteiger partial charge in [0, 0.05) is 6.54 Å². The van der Waals surface area contributed by atoms with E-state index in [-0.39, 0.29) is 23.6 Å². The van der Waals surface area contributed by atoms with Gasteiger partial charge in [0.1, 0.15) is 11.4 Å². The third kappa shape index (κ3) is 4.09. The van der Waals surface area contributed by atoms with E-state index in [1.165, 1.54) is 20.3 Å². The fourth-order valence-corrected chi connectivity index (χ4v) is 2.08. The molecule has 22 heavy (non-hydrogen) atoms. The lowest BCUT2D eigenvalue weighted by atomic mass is 10.0. The molecule has 0 spiro atoms. The van der Waals surface area contributed by atoms with Gasteiger partial charge in [-0.3, -0.25) is 9.59 Å². The largest absolute Gasteiger partial charge is 0.493 e. The smallest absolute Gasteiger partial charge is 0.308 e. The van der Waals surface area contributed by atoms with Gasteiger partial charge in [0.2, 0.25) is 0 Å². The highest BCUT2D eigenvalue weighted by atomic mass is 19.1. The summed E-state index contributed by atoms with van der Waals surface area (Å²) >= 11 is 0. The molecule has 0 saturated heterocycles. The van der Waals surface area contributed by atoms with Crippen LogP contribution in [0.15, 0.2) is 12.1 Å². The number of hydrogen-bond donors (Lipinski definition) is 2. The summed E-state index contributed by atoms with van der Waals surface area (Å²) < 4.78 is 24.0. The molecule has 0 heterocycles. The van der Waals surface area contributed by atoms with Crippen molar-refractivity contribution in [3.05, 3.63) is 23.5 Å². The molecule has 1 aromatic rings. The first-order valence-electron chi connectivity index (χ1n) is 6.87. The van der Waals surface area contributed by atoms with Crippen molar-refractivity contribution < 1.29 is 28.6 Å². The Morgan fingerprint density at radius 1 is 1.32 bits per heavy atom. The van der Waals surface area contributed by atoms with Crippen molar-refractivity contribution in [1.29, 1.82) is 0 Å². The maximum absolute atomic E-state index is 13.9. The summed E-state index contributed by atoms with van der Waals surface area (Å²) in [7, 11) is 2.67. The molecule has 0 bridgehead atoms. The number of carboxylic acid groups (broad SMARTS) is 1. The summed E-state index contributed by atoms with van der Waals surface area (Å²) in [4.78, 5) is 23.2. The van der Waals surface area contributed by atoms with Crippen LogP contribution in [0, 0.1) is 11.7 Å². The second-order valence-electron chi connectivity index (χ2n) is 4.69. The van der Waals surface area contributed by atoms with E-state index in [0.717, 1.165) is 6.07 Å². The van der Waals surface area contributed by atoms with Gasteiger partial charge in [0.25, 0.3) is 5.91 Å². The zero-order chi connectivity index (χ0) is 16.7. The lowest BCUT2D eigenvalue weighted by molar-refractivity contribution is -0.141. The first-order valence-corrected chi connectivity index (χ1v) is 6.87. The summed E-state index contributed by atoms with van der Waals surface area (Å²) in [6.07, 6.45) is 1.09. The van der Waals surface area contributed by atoms with Crippen LogP contribution in [0.25, 0.3) is 0 Å². The molecule has 0 aliphatic rings. The molecule has 1 aromatic carbocycles. The van der Waals surface area contributed by atoms with Crippen molar-refractivity contribution >= 4 is 11.9 Å². The molecule has 7 heteroatoms. The molecule has 1 amide bonds. The minimum atomic E-state index is -1.000. The summed E-state index contributed by atoms with van der Waals surface area (Å²) in [5, 5.41) is 11.5. The van der Waals surface area contributed by atoms with Gasteiger partial charge in [-0.1, -0.05) is 13.3 Å². The fraction of sp³-hybridized carbons (Fsp3) is 0.467. The SMILES string of the molecule is CCCC(CNC(=O)c1c(F)ccc(OC)c1OC)C(=O)O. The fourth-order valence-electron chi connectivity index (χ4n) is 2.08. The number of methoxy groups -OCH3 is 2. The average Bonchev–Trinajstić information content (AvgIpc) is 2.50. The monoisotopic (exact) mass is 313 g/mol. The first-order chi connectivity index (χ1) is 10.5. The van der Waals surface area contributed by atoms with Crippen LogP contribution in [0.1, 0.15) is 30.1 Å². The van der Waals surface area contributed by atoms with Crippen molar-refractivity contribution in [2.24, 2.45) is 5.92 Å². The summed E-state index contributed by atoms with van der Waals surface area (Å²) in [6.45, 7) is 1.77. The predicted octanol–water partition coefficient (Wildman–Crippen LogP) is 2.07. The van der Waals surface area contributed by atoms with Gasteiger partial charge in [-0.25, -0.2) is 4.39 Å². The van der Waals surface area contributed by atoms with Gasteiger partial charge >= 0.3 is 5.97 Å². The number of benzene rings is 1. The van der Waals surface area contributed by atoms with Crippen LogP contribution in [0.3, 0.4) is 0 Å². The van der Waals surface area contributed by atoms with Crippen LogP contribution in [0.5, 0.6) is 11.5 Å². The topological polar surface area (TPSA) is 84.9 Å². The van der Waals surface area contributed by atoms with Crippen LogP contribution >= 0.6 is 0 Å². The molecule has 0 radical (unpaired) electrons. The van der Waals surface area contributed by atoms with E-state index in [4.69, 9.17) is 14.6 Å². The number of carbonyl (C=O) groups excluding carboxylic acids is 1. The zero-order valence-electron chi connectivity index (χ0n) is 12.8. The maximum Gasteiger partial charge on any atom is 0.308 e. The minimum Gasteiger partial charge on any atom is -0.493 e. The van der Waals surface area contributed by atoms with Crippen molar-refractivity contribution in [3.8, 4) is 11.5 Å². The number of amides is 1. The summed E-state index contributed by atoms with van der Waals surface area (Å²) in [5.74, 6) is -3.03. The molecule has 2 N–H and O–H groups in total. The molecule has 0 fully saturated rings. The van der Waals surface area contributed by atoms with Gasteiger partial charge in [0.05, 0.1) is 20.1 Å². The number of ether oxygens (including phenoxy) is 2. The van der Waals surface area contributed by atoms with Crippen LogP contribution < -0.4 is 14.8 Å². The summed E-state index contributed by atoms with van der Waals surface area (Å²) in [5.41, 5.74) is -0.303. The van der Waals surface area contributed by atoms with Gasteiger partial charge in [0.15, 0.2) is 11.5 Å². The Hall–Kier alpha value is -2.31. The van der Waals surface area contributed by atoms with Crippen molar-refractivity contribution in [3.63, 3.8) is 0 Å². The van der Waals surface area contributed by atoms with E-state index in [1.807, 2.05) is 6.92 Å². The number of aliphatic carboxylic acids is 1. The Morgan fingerprint density at radius 3 is 2.50 bits per heavy atom. The van der Waals surface area contributed by atoms with Crippen LogP contribution in [-0.4, -0.2) is 37.7 Å². The molecule has 122 valence electrons. The number of rotatable bonds is 8. The molecule has 0 aliphatic carbocycles. The molecule has 1 atom stereocenters. The quantitative estimate of drug-likeness (QED) is 0.767. The van der Waals surface area contributed by atoms with E-state index >= 15 is 0 Å². The highest BCUT2D eigenvalue weighted by molar-refractivity contribution is 5.98. The second kappa shape index (κ2) is 8.21. The Morgan fingerprint density at radius 2 is 2.00 bits per heavy atom. The molecule has 0 aliphatic heterocycles. The van der Waals surface area contributed by atoms with Crippen molar-refractivity contribution in [1.82, 2.24) is 5.32 Å². The van der Waals surface area contributed by atoms with Gasteiger partial charge in [-0.05, 0) is 18.6 Å². The normalized spacial score (nSPS) is 11.6. The Kier molecular flexibility index (Phi) is 6.62. The lowest BCUT2D eigenvalue weighted by Gasteiger charge is -2.15. The second-order valence-corrected chi connectivity index (χ2v) is 4.69. The number of carbonyl (C=O) groups is 2. The maximum atomic E-state index is 13.9. The van der Waals surface area contributed by atoms with E-state index in [1.54, 1.807) is 0 Å². The standard InChI is InChI=1S/C15H20FNO5/c1-4-5-9(15(19)20)8-17-14(18)12-10(16)6-7-11(21-2)13(12)22-3/h6-7,9H,4-5,8H2,1-3H3,(H,17,18)(H,19,20). The third-order valence-electron chi connectivity index (χ3n) is 3.22. The molecule has 0 aromatic heterocycles. The molecule has 0 saturated carbocycles. The molecular formula is C15H20FNO5. The minimum absolute atomic E-state index is 0.0256. The number of nitrogens with one attached hydrogen (secondary N) is 1. The molecule has 1 unspecified atom stereocenters. The molecule has 1 rings (SSSR count). The Labute approximate surface area is 128 Å². The number of hydrogen-bond acceptors (Lipinski definition) is 4. The average molecular weight is 313 g/mol. The summed E-state index contributed by atoms with van der Waals surface area (Å²) in [6, 6.07) is 2.44. The Bertz CT molecular complexity index is 547. The van der Waals surface area contributed by atoms with E-state index < -0.39 is 23.6 Å².